The van der Waals surface area contributed by atoms with Gasteiger partial charge in [0.25, 0.3) is 0 Å². The van der Waals surface area contributed by atoms with Crippen LogP contribution in [0, 0.1) is 0 Å². The molecule has 0 aliphatic carbocycles. The molecule has 7 heteroatoms. The van der Waals surface area contributed by atoms with Crippen LogP contribution in [-0.4, -0.2) is 18.5 Å². The molecule has 0 radical (unpaired) electrons. The molecular weight excluding hydrogens is 309 g/mol. The fraction of sp³-hybridized carbons (Fsp3) is 0.500. The molecule has 0 amide bonds. The standard InChI is InChI=1S/C12H15Cl2NO3S/c1-12(2)17-9(6-16-19-15)11(18-12)10-7(13)4-3-5-8(10)14/h3-5,9,11H,6,15H2,1-2H3. The van der Waals surface area contributed by atoms with Crippen molar-refractivity contribution >= 4 is 35.4 Å². The molecule has 2 N–H and O–H groups in total. The second-order valence-electron chi connectivity index (χ2n) is 4.61. The average Bonchev–Trinajstić information content (AvgIpc) is 2.62. The average molecular weight is 324 g/mol. The number of halogens is 2. The minimum atomic E-state index is -0.722. The third-order valence-corrected chi connectivity index (χ3v) is 3.70. The van der Waals surface area contributed by atoms with E-state index >= 15 is 0 Å². The molecule has 0 bridgehead atoms. The smallest absolute Gasteiger partial charge is 0.164 e. The summed E-state index contributed by atoms with van der Waals surface area (Å²) in [6.45, 7) is 3.96. The molecule has 0 aromatic heterocycles. The summed E-state index contributed by atoms with van der Waals surface area (Å²) in [6.07, 6.45) is -0.702. The largest absolute Gasteiger partial charge is 0.342 e. The van der Waals surface area contributed by atoms with Crippen molar-refractivity contribution in [2.24, 2.45) is 5.14 Å². The molecule has 1 heterocycles. The van der Waals surface area contributed by atoms with E-state index in [-0.39, 0.29) is 18.8 Å². The number of rotatable bonds is 4. The first kappa shape index (κ1) is 15.4. The Hall–Kier alpha value is -0.0100. The second kappa shape index (κ2) is 6.18. The van der Waals surface area contributed by atoms with Crippen molar-refractivity contribution in [3.63, 3.8) is 0 Å². The summed E-state index contributed by atoms with van der Waals surface area (Å²) in [6, 6.07) is 5.33. The Balaban J connectivity index is 2.30. The SMILES string of the molecule is CC1(C)OC(COSN)C(c2c(Cl)cccc2Cl)O1. The molecule has 1 aliphatic heterocycles. The van der Waals surface area contributed by atoms with Gasteiger partial charge in [0.2, 0.25) is 0 Å². The summed E-state index contributed by atoms with van der Waals surface area (Å²) < 4.78 is 16.8. The first-order valence-corrected chi connectivity index (χ1v) is 7.28. The van der Waals surface area contributed by atoms with E-state index in [2.05, 4.69) is 0 Å². The Morgan fingerprint density at radius 2 is 1.95 bits per heavy atom. The highest BCUT2D eigenvalue weighted by molar-refractivity contribution is 7.92. The number of hydrogen-bond donors (Lipinski definition) is 1. The number of ether oxygens (including phenoxy) is 2. The Morgan fingerprint density at radius 3 is 2.53 bits per heavy atom. The Morgan fingerprint density at radius 1 is 1.32 bits per heavy atom. The highest BCUT2D eigenvalue weighted by atomic mass is 35.5. The van der Waals surface area contributed by atoms with Crippen LogP contribution in [0.1, 0.15) is 25.5 Å². The molecule has 2 rings (SSSR count). The van der Waals surface area contributed by atoms with Crippen molar-refractivity contribution in [1.29, 1.82) is 0 Å². The van der Waals surface area contributed by atoms with Crippen LogP contribution in [-0.2, 0) is 13.7 Å². The second-order valence-corrected chi connectivity index (χ2v) is 5.85. The maximum atomic E-state index is 6.21. The first-order chi connectivity index (χ1) is 8.94. The van der Waals surface area contributed by atoms with Crippen molar-refractivity contribution < 1.29 is 13.7 Å². The van der Waals surface area contributed by atoms with E-state index in [1.807, 2.05) is 13.8 Å². The number of hydrogen-bond acceptors (Lipinski definition) is 5. The van der Waals surface area contributed by atoms with Gasteiger partial charge in [-0.15, -0.1) is 0 Å². The fourth-order valence-corrected chi connectivity index (χ4v) is 2.92. The van der Waals surface area contributed by atoms with E-state index < -0.39 is 5.79 Å². The molecule has 1 aliphatic rings. The van der Waals surface area contributed by atoms with Gasteiger partial charge in [-0.2, -0.15) is 0 Å². The van der Waals surface area contributed by atoms with Crippen LogP contribution in [0.3, 0.4) is 0 Å². The van der Waals surface area contributed by atoms with Crippen LogP contribution in [0.15, 0.2) is 18.2 Å². The first-order valence-electron chi connectivity index (χ1n) is 5.72. The van der Waals surface area contributed by atoms with Gasteiger partial charge in [0.1, 0.15) is 12.2 Å². The van der Waals surface area contributed by atoms with Gasteiger partial charge in [0.15, 0.2) is 5.79 Å². The van der Waals surface area contributed by atoms with Crippen molar-refractivity contribution in [2.75, 3.05) is 6.61 Å². The summed E-state index contributed by atoms with van der Waals surface area (Å²) in [4.78, 5) is 0. The number of nitrogens with two attached hydrogens (primary N) is 1. The summed E-state index contributed by atoms with van der Waals surface area (Å²) in [5.74, 6) is -0.722. The van der Waals surface area contributed by atoms with E-state index in [1.165, 1.54) is 0 Å². The van der Waals surface area contributed by atoms with Crippen LogP contribution in [0.2, 0.25) is 10.0 Å². The van der Waals surface area contributed by atoms with E-state index in [9.17, 15) is 0 Å². The molecule has 1 aromatic rings. The highest BCUT2D eigenvalue weighted by Gasteiger charge is 2.43. The van der Waals surface area contributed by atoms with E-state index in [4.69, 9.17) is 42.0 Å². The Kier molecular flexibility index (Phi) is 5.00. The minimum absolute atomic E-state index is 0.289. The topological polar surface area (TPSA) is 53.7 Å². The van der Waals surface area contributed by atoms with Crippen molar-refractivity contribution in [1.82, 2.24) is 0 Å². The van der Waals surface area contributed by atoms with Crippen LogP contribution >= 0.6 is 35.4 Å². The third-order valence-electron chi connectivity index (χ3n) is 2.77. The van der Waals surface area contributed by atoms with E-state index in [0.717, 1.165) is 12.2 Å². The predicted molar refractivity (Wildman–Crippen MR) is 77.0 cm³/mol. The van der Waals surface area contributed by atoms with Crippen molar-refractivity contribution in [3.05, 3.63) is 33.8 Å². The molecule has 106 valence electrons. The molecule has 1 aromatic carbocycles. The summed E-state index contributed by atoms with van der Waals surface area (Å²) >= 11 is 13.2. The van der Waals surface area contributed by atoms with E-state index in [1.54, 1.807) is 18.2 Å². The zero-order chi connectivity index (χ0) is 14.0. The normalized spacial score (nSPS) is 25.7. The van der Waals surface area contributed by atoms with E-state index in [0.29, 0.717) is 15.6 Å². The van der Waals surface area contributed by atoms with Gasteiger partial charge in [0.05, 0.1) is 18.8 Å². The van der Waals surface area contributed by atoms with Gasteiger partial charge < -0.3 is 9.47 Å². The molecule has 19 heavy (non-hydrogen) atoms. The lowest BCUT2D eigenvalue weighted by Gasteiger charge is -2.19. The summed E-state index contributed by atoms with van der Waals surface area (Å²) in [5, 5.41) is 6.36. The lowest BCUT2D eigenvalue weighted by atomic mass is 10.0. The van der Waals surface area contributed by atoms with Gasteiger partial charge in [-0.25, -0.2) is 0 Å². The lowest BCUT2D eigenvalue weighted by Crippen LogP contribution is -2.24. The van der Waals surface area contributed by atoms with Crippen LogP contribution < -0.4 is 5.14 Å². The molecule has 2 unspecified atom stereocenters. The monoisotopic (exact) mass is 323 g/mol. The quantitative estimate of drug-likeness (QED) is 0.676. The van der Waals surface area contributed by atoms with Crippen molar-refractivity contribution in [2.45, 2.75) is 31.8 Å². The minimum Gasteiger partial charge on any atom is -0.342 e. The van der Waals surface area contributed by atoms with Gasteiger partial charge in [0, 0.05) is 15.6 Å². The molecule has 1 fully saturated rings. The maximum Gasteiger partial charge on any atom is 0.164 e. The predicted octanol–water partition coefficient (Wildman–Crippen LogP) is 3.72. The zero-order valence-corrected chi connectivity index (χ0v) is 12.9. The Bertz CT molecular complexity index is 438. The molecule has 1 saturated heterocycles. The van der Waals surface area contributed by atoms with Gasteiger partial charge in [-0.3, -0.25) is 9.32 Å². The Labute approximate surface area is 126 Å². The van der Waals surface area contributed by atoms with Gasteiger partial charge in [-0.05, 0) is 26.0 Å². The summed E-state index contributed by atoms with van der Waals surface area (Å²) in [5.41, 5.74) is 0.715. The highest BCUT2D eigenvalue weighted by Crippen LogP contribution is 2.43. The van der Waals surface area contributed by atoms with Crippen LogP contribution in [0.25, 0.3) is 0 Å². The molecular formula is C12H15Cl2NO3S. The maximum absolute atomic E-state index is 6.21. The molecule has 0 saturated carbocycles. The summed E-state index contributed by atoms with van der Waals surface area (Å²) in [7, 11) is 0. The van der Waals surface area contributed by atoms with Crippen LogP contribution in [0.4, 0.5) is 0 Å². The fourth-order valence-electron chi connectivity index (χ4n) is 2.09. The molecule has 4 nitrogen and oxygen atoms in total. The van der Waals surface area contributed by atoms with Gasteiger partial charge >= 0.3 is 0 Å². The zero-order valence-electron chi connectivity index (χ0n) is 10.6. The van der Waals surface area contributed by atoms with Gasteiger partial charge in [-0.1, -0.05) is 29.3 Å². The lowest BCUT2D eigenvalue weighted by molar-refractivity contribution is -0.148. The third kappa shape index (κ3) is 3.55. The van der Waals surface area contributed by atoms with Crippen LogP contribution in [0.5, 0.6) is 0 Å². The molecule has 0 spiro atoms. The number of benzene rings is 1. The van der Waals surface area contributed by atoms with Crippen molar-refractivity contribution in [3.8, 4) is 0 Å². The molecule has 2 atom stereocenters.